The smallest absolute Gasteiger partial charge is 0.472 e. The van der Waals surface area contributed by atoms with Crippen molar-refractivity contribution in [1.29, 1.82) is 0 Å². The van der Waals surface area contributed by atoms with Crippen LogP contribution in [0.25, 0.3) is 0 Å². The molecular weight excluding hydrogens is 906 g/mol. The lowest BCUT2D eigenvalue weighted by Gasteiger charge is -2.19. The van der Waals surface area contributed by atoms with Gasteiger partial charge in [0, 0.05) is 19.4 Å². The molecule has 9 nitrogen and oxygen atoms in total. The van der Waals surface area contributed by atoms with E-state index in [1.54, 1.807) is 6.26 Å². The van der Waals surface area contributed by atoms with Crippen molar-refractivity contribution in [2.24, 2.45) is 0 Å². The third-order valence-electron chi connectivity index (χ3n) is 12.2. The topological polar surface area (TPSA) is 120 Å². The molecule has 1 unspecified atom stereocenters. The number of rotatable bonds is 54. The molecular formula is C61H108NO8P. The highest BCUT2D eigenvalue weighted by molar-refractivity contribution is 7.47. The molecule has 0 fully saturated rings. The van der Waals surface area contributed by atoms with Gasteiger partial charge in [-0.15, -0.1) is 0 Å². The minimum atomic E-state index is -4.48. The van der Waals surface area contributed by atoms with Gasteiger partial charge in [-0.1, -0.05) is 254 Å². The standard InChI is InChI=1S/C61H108NO8P/c1-4-7-10-13-16-19-22-25-28-29-30-31-33-35-38-41-44-47-50-53-61(64)70-59(57-67-55-51-48-45-42-39-36-27-24-21-18-15-12-9-6-3)58-69-71(65,66)68-56-54-62-60(63)52-49-46-43-40-37-34-32-26-23-20-17-14-11-8-5-2/h7,10,16,19,25,28,30-31,35,38,44,47,51,55,59H,4-6,8-9,11-15,17-18,20-24,26-27,29,32-34,36-37,39-43,45-46,48-50,52-54,56-58H2,1-3H3,(H,62,63)(H,65,66)/b10-7-,19-16-,28-25-,31-30-,38-35-,47-44-,55-51-/t59-/m1/s1. The highest BCUT2D eigenvalue weighted by Crippen LogP contribution is 2.43. The Morgan fingerprint density at radius 3 is 1.32 bits per heavy atom. The average molecular weight is 1010 g/mol. The number of nitrogens with one attached hydrogen (secondary N) is 1. The van der Waals surface area contributed by atoms with E-state index >= 15 is 0 Å². The van der Waals surface area contributed by atoms with Crippen LogP contribution in [-0.2, 0) is 32.7 Å². The minimum absolute atomic E-state index is 0.0318. The van der Waals surface area contributed by atoms with E-state index in [-0.39, 0.29) is 38.7 Å². The number of esters is 1. The molecule has 0 saturated carbocycles. The Morgan fingerprint density at radius 1 is 0.465 bits per heavy atom. The summed E-state index contributed by atoms with van der Waals surface area (Å²) in [6.45, 7) is 6.16. The summed E-state index contributed by atoms with van der Waals surface area (Å²) in [5.74, 6) is -0.551. The second-order valence-corrected chi connectivity index (χ2v) is 20.5. The molecule has 71 heavy (non-hydrogen) atoms. The number of carbonyl (C=O) groups excluding carboxylic acids is 2. The summed E-state index contributed by atoms with van der Waals surface area (Å²) in [6.07, 6.45) is 70.6. The molecule has 0 saturated heterocycles. The number of allylic oxidation sites excluding steroid dienone is 13. The van der Waals surface area contributed by atoms with Crippen molar-refractivity contribution in [3.63, 3.8) is 0 Å². The number of amides is 1. The maximum atomic E-state index is 12.8. The molecule has 0 bridgehead atoms. The first-order chi connectivity index (χ1) is 34.8. The zero-order valence-electron chi connectivity index (χ0n) is 45.9. The van der Waals surface area contributed by atoms with Crippen LogP contribution in [0.1, 0.15) is 258 Å². The third-order valence-corrected chi connectivity index (χ3v) is 13.2. The van der Waals surface area contributed by atoms with Crippen molar-refractivity contribution in [3.8, 4) is 0 Å². The lowest BCUT2D eigenvalue weighted by molar-refractivity contribution is -0.153. The SMILES string of the molecule is CC/C=C\C/C=C\C/C=C\C/C=C\C/C=C\C/C=C\CCC(=O)O[C@H](CO/C=C\CCCCCCCCCCCCCC)COP(=O)(O)OCCNC(=O)CCCCCCCCCCCCCCCCC. The normalized spacial score (nSPS) is 13.6. The summed E-state index contributed by atoms with van der Waals surface area (Å²) in [5, 5.41) is 2.76. The van der Waals surface area contributed by atoms with E-state index in [2.05, 4.69) is 86.8 Å². The molecule has 410 valence electrons. The van der Waals surface area contributed by atoms with Gasteiger partial charge in [-0.3, -0.25) is 18.6 Å². The van der Waals surface area contributed by atoms with Crippen LogP contribution in [0.3, 0.4) is 0 Å². The molecule has 1 amide bonds. The van der Waals surface area contributed by atoms with E-state index in [0.717, 1.165) is 70.6 Å². The first kappa shape index (κ1) is 68.0. The average Bonchev–Trinajstić information content (AvgIpc) is 3.36. The van der Waals surface area contributed by atoms with E-state index in [1.165, 1.54) is 148 Å². The molecule has 10 heteroatoms. The summed E-state index contributed by atoms with van der Waals surface area (Å²) in [5.41, 5.74) is 0. The molecule has 0 aromatic carbocycles. The zero-order chi connectivity index (χ0) is 51.7. The predicted molar refractivity (Wildman–Crippen MR) is 302 cm³/mol. The van der Waals surface area contributed by atoms with Crippen LogP contribution in [0, 0.1) is 0 Å². The van der Waals surface area contributed by atoms with Crippen LogP contribution in [0.15, 0.2) is 85.3 Å². The van der Waals surface area contributed by atoms with Gasteiger partial charge in [-0.05, 0) is 70.3 Å². The fourth-order valence-electron chi connectivity index (χ4n) is 7.92. The van der Waals surface area contributed by atoms with Crippen molar-refractivity contribution in [1.82, 2.24) is 5.32 Å². The number of ether oxygens (including phenoxy) is 2. The maximum Gasteiger partial charge on any atom is 0.472 e. The quantitative estimate of drug-likeness (QED) is 0.0203. The number of phosphoric acid groups is 1. The van der Waals surface area contributed by atoms with Gasteiger partial charge in [-0.2, -0.15) is 0 Å². The van der Waals surface area contributed by atoms with E-state index in [9.17, 15) is 19.0 Å². The van der Waals surface area contributed by atoms with Crippen LogP contribution in [0.5, 0.6) is 0 Å². The van der Waals surface area contributed by atoms with Gasteiger partial charge >= 0.3 is 13.8 Å². The Labute approximate surface area is 436 Å². The summed E-state index contributed by atoms with van der Waals surface area (Å²) in [7, 11) is -4.48. The Balaban J connectivity index is 4.56. The van der Waals surface area contributed by atoms with Crippen LogP contribution < -0.4 is 5.32 Å². The number of carbonyl (C=O) groups is 2. The Kier molecular flexibility index (Phi) is 54.0. The Morgan fingerprint density at radius 2 is 0.873 bits per heavy atom. The molecule has 0 aliphatic heterocycles. The highest BCUT2D eigenvalue weighted by atomic mass is 31.2. The van der Waals surface area contributed by atoms with Gasteiger partial charge in [0.2, 0.25) is 5.91 Å². The van der Waals surface area contributed by atoms with Crippen molar-refractivity contribution in [2.45, 2.75) is 264 Å². The van der Waals surface area contributed by atoms with Gasteiger partial charge in [0.1, 0.15) is 6.61 Å². The zero-order valence-corrected chi connectivity index (χ0v) is 46.8. The highest BCUT2D eigenvalue weighted by Gasteiger charge is 2.25. The van der Waals surface area contributed by atoms with Crippen LogP contribution in [0.2, 0.25) is 0 Å². The molecule has 0 rings (SSSR count). The lowest BCUT2D eigenvalue weighted by atomic mass is 10.0. The molecule has 0 spiro atoms. The number of hydrogen-bond acceptors (Lipinski definition) is 7. The largest absolute Gasteiger partial charge is 0.498 e. The molecule has 2 atom stereocenters. The number of hydrogen-bond donors (Lipinski definition) is 2. The second kappa shape index (κ2) is 56.3. The summed E-state index contributed by atoms with van der Waals surface area (Å²) in [4.78, 5) is 35.5. The van der Waals surface area contributed by atoms with Crippen LogP contribution in [-0.4, -0.2) is 49.2 Å². The first-order valence-corrected chi connectivity index (χ1v) is 30.6. The Bertz CT molecular complexity index is 1440. The first-order valence-electron chi connectivity index (χ1n) is 29.1. The lowest BCUT2D eigenvalue weighted by Crippen LogP contribution is -2.28. The van der Waals surface area contributed by atoms with Gasteiger partial charge in [-0.25, -0.2) is 4.57 Å². The van der Waals surface area contributed by atoms with Crippen LogP contribution >= 0.6 is 7.82 Å². The fourth-order valence-corrected chi connectivity index (χ4v) is 8.67. The van der Waals surface area contributed by atoms with Gasteiger partial charge < -0.3 is 19.7 Å². The van der Waals surface area contributed by atoms with Crippen molar-refractivity contribution in [3.05, 3.63) is 85.3 Å². The molecule has 0 aromatic heterocycles. The van der Waals surface area contributed by atoms with Crippen LogP contribution in [0.4, 0.5) is 0 Å². The van der Waals surface area contributed by atoms with E-state index in [0.29, 0.717) is 12.8 Å². The van der Waals surface area contributed by atoms with E-state index < -0.39 is 19.9 Å². The third kappa shape index (κ3) is 56.2. The van der Waals surface area contributed by atoms with Gasteiger partial charge in [0.25, 0.3) is 0 Å². The van der Waals surface area contributed by atoms with Crippen molar-refractivity contribution < 1.29 is 37.6 Å². The summed E-state index contributed by atoms with van der Waals surface area (Å²) < 4.78 is 34.4. The fraction of sp³-hybridized carbons (Fsp3) is 0.738. The number of phosphoric ester groups is 1. The van der Waals surface area contributed by atoms with E-state index in [4.69, 9.17) is 18.5 Å². The monoisotopic (exact) mass is 1010 g/mol. The predicted octanol–water partition coefficient (Wildman–Crippen LogP) is 18.5. The van der Waals surface area contributed by atoms with Gasteiger partial charge in [0.05, 0.1) is 19.5 Å². The molecule has 0 aliphatic carbocycles. The Hall–Kier alpha value is -2.97. The molecule has 0 aromatic rings. The summed E-state index contributed by atoms with van der Waals surface area (Å²) in [6, 6.07) is 0. The number of unbranched alkanes of at least 4 members (excludes halogenated alkanes) is 26. The summed E-state index contributed by atoms with van der Waals surface area (Å²) >= 11 is 0. The molecule has 0 heterocycles. The second-order valence-electron chi connectivity index (χ2n) is 19.1. The van der Waals surface area contributed by atoms with Crippen molar-refractivity contribution in [2.75, 3.05) is 26.4 Å². The van der Waals surface area contributed by atoms with E-state index in [1.807, 2.05) is 18.2 Å². The maximum absolute atomic E-state index is 12.8. The van der Waals surface area contributed by atoms with Crippen molar-refractivity contribution >= 4 is 19.7 Å². The minimum Gasteiger partial charge on any atom is -0.498 e. The molecule has 0 aliphatic rings. The van der Waals surface area contributed by atoms with Gasteiger partial charge in [0.15, 0.2) is 6.10 Å². The molecule has 2 N–H and O–H groups in total. The molecule has 0 radical (unpaired) electrons.